The molecule has 0 aromatic carbocycles. The van der Waals surface area contributed by atoms with Crippen LogP contribution < -0.4 is 0 Å². The summed E-state index contributed by atoms with van der Waals surface area (Å²) in [7, 11) is 2.07. The fraction of sp³-hybridized carbons (Fsp3) is 0.875. The number of nitrogens with zero attached hydrogens (tertiary/aromatic N) is 2. The molecule has 62 valence electrons. The van der Waals surface area contributed by atoms with E-state index in [1.807, 2.05) is 11.8 Å². The third kappa shape index (κ3) is 1.70. The van der Waals surface area contributed by atoms with Gasteiger partial charge in [0.2, 0.25) is 0 Å². The van der Waals surface area contributed by atoms with Gasteiger partial charge in [-0.15, -0.1) is 11.8 Å². The van der Waals surface area contributed by atoms with Crippen LogP contribution in [0.4, 0.5) is 0 Å². The Labute approximate surface area is 72.0 Å². The van der Waals surface area contributed by atoms with Crippen LogP contribution in [0, 0.1) is 5.92 Å². The minimum atomic E-state index is 0.730. The van der Waals surface area contributed by atoms with Crippen LogP contribution in [0.25, 0.3) is 0 Å². The first-order valence-electron chi connectivity index (χ1n) is 4.22. The van der Waals surface area contributed by atoms with Crippen molar-refractivity contribution in [2.75, 3.05) is 13.6 Å². The molecule has 2 nitrogen and oxygen atoms in total. The molecule has 1 aliphatic heterocycles. The van der Waals surface area contributed by atoms with Crippen LogP contribution in [0.1, 0.15) is 19.8 Å². The first-order valence-corrected chi connectivity index (χ1v) is 5.10. The van der Waals surface area contributed by atoms with Crippen LogP contribution in [-0.2, 0) is 0 Å². The van der Waals surface area contributed by atoms with Crippen LogP contribution in [0.5, 0.6) is 0 Å². The molecule has 1 aliphatic carbocycles. The molecule has 0 spiro atoms. The average molecular weight is 170 g/mol. The van der Waals surface area contributed by atoms with E-state index in [1.54, 1.807) is 0 Å². The second kappa shape index (κ2) is 2.70. The Kier molecular flexibility index (Phi) is 1.83. The van der Waals surface area contributed by atoms with Gasteiger partial charge in [0, 0.05) is 24.8 Å². The molecule has 1 atom stereocenters. The molecule has 0 radical (unpaired) electrons. The van der Waals surface area contributed by atoms with Crippen molar-refractivity contribution in [1.29, 1.82) is 0 Å². The summed E-state index contributed by atoms with van der Waals surface area (Å²) in [4.78, 5) is 0. The number of rotatable bonds is 1. The second-order valence-electron chi connectivity index (χ2n) is 3.48. The molecule has 11 heavy (non-hydrogen) atoms. The van der Waals surface area contributed by atoms with Crippen molar-refractivity contribution in [2.45, 2.75) is 25.0 Å². The summed E-state index contributed by atoms with van der Waals surface area (Å²) in [6, 6.07) is 0. The lowest BCUT2D eigenvalue weighted by Gasteiger charge is -2.25. The smallest absolute Gasteiger partial charge is 0.0967 e. The van der Waals surface area contributed by atoms with Gasteiger partial charge in [-0.25, -0.2) is 0 Å². The molecular weight excluding hydrogens is 156 g/mol. The number of hydrogen-bond acceptors (Lipinski definition) is 3. The number of hydrogen-bond donors (Lipinski definition) is 0. The molecule has 0 N–H and O–H groups in total. The molecule has 1 saturated carbocycles. The van der Waals surface area contributed by atoms with Crippen molar-refractivity contribution in [1.82, 2.24) is 5.01 Å². The molecule has 0 amide bonds. The molecular formula is C8H14N2S. The van der Waals surface area contributed by atoms with Gasteiger partial charge in [0.25, 0.3) is 0 Å². The molecule has 0 saturated heterocycles. The van der Waals surface area contributed by atoms with Crippen LogP contribution in [-0.4, -0.2) is 28.9 Å². The Bertz CT molecular complexity index is 187. The molecule has 2 aliphatic rings. The van der Waals surface area contributed by atoms with E-state index in [0.29, 0.717) is 0 Å². The zero-order valence-corrected chi connectivity index (χ0v) is 7.90. The lowest BCUT2D eigenvalue weighted by molar-refractivity contribution is 0.355. The van der Waals surface area contributed by atoms with Gasteiger partial charge in [-0.05, 0) is 12.8 Å². The van der Waals surface area contributed by atoms with Gasteiger partial charge < -0.3 is 0 Å². The van der Waals surface area contributed by atoms with Gasteiger partial charge in [-0.3, -0.25) is 5.01 Å². The van der Waals surface area contributed by atoms with E-state index in [0.717, 1.165) is 17.7 Å². The van der Waals surface area contributed by atoms with Gasteiger partial charge in [-0.1, -0.05) is 6.92 Å². The average Bonchev–Trinajstić information content (AvgIpc) is 2.64. The van der Waals surface area contributed by atoms with Crippen LogP contribution in [0.15, 0.2) is 5.10 Å². The third-order valence-corrected chi connectivity index (χ3v) is 3.25. The summed E-state index contributed by atoms with van der Waals surface area (Å²) in [5.74, 6) is 0.824. The van der Waals surface area contributed by atoms with Crippen LogP contribution in [0.3, 0.4) is 0 Å². The summed E-state index contributed by atoms with van der Waals surface area (Å²) in [6.07, 6.45) is 2.73. The van der Waals surface area contributed by atoms with E-state index in [9.17, 15) is 0 Å². The molecule has 0 aromatic rings. The van der Waals surface area contributed by atoms with Gasteiger partial charge in [-0.2, -0.15) is 5.10 Å². The van der Waals surface area contributed by atoms with Crippen molar-refractivity contribution in [3.8, 4) is 0 Å². The Morgan fingerprint density at radius 2 is 2.27 bits per heavy atom. The SMILES string of the molecule is CC1CN(C)N=C(C2CC2)S1. The Hall–Kier alpha value is -0.180. The van der Waals surface area contributed by atoms with Crippen molar-refractivity contribution >= 4 is 16.8 Å². The van der Waals surface area contributed by atoms with E-state index in [4.69, 9.17) is 0 Å². The molecule has 1 unspecified atom stereocenters. The molecule has 1 heterocycles. The fourth-order valence-electron chi connectivity index (χ4n) is 1.36. The predicted octanol–water partition coefficient (Wildman–Crippen LogP) is 1.78. The Morgan fingerprint density at radius 3 is 2.82 bits per heavy atom. The summed E-state index contributed by atoms with van der Waals surface area (Å²) < 4.78 is 0. The van der Waals surface area contributed by atoms with E-state index in [2.05, 4.69) is 24.1 Å². The van der Waals surface area contributed by atoms with Gasteiger partial charge >= 0.3 is 0 Å². The van der Waals surface area contributed by atoms with Crippen molar-refractivity contribution in [3.05, 3.63) is 0 Å². The zero-order valence-electron chi connectivity index (χ0n) is 7.08. The first-order chi connectivity index (χ1) is 5.25. The highest BCUT2D eigenvalue weighted by Crippen LogP contribution is 2.38. The zero-order chi connectivity index (χ0) is 7.84. The standard InChI is InChI=1S/C8H14N2S/c1-6-5-10(2)9-8(11-6)7-3-4-7/h6-7H,3-5H2,1-2H3. The summed E-state index contributed by atoms with van der Waals surface area (Å²) in [6.45, 7) is 3.37. The Balaban J connectivity index is 2.05. The topological polar surface area (TPSA) is 15.6 Å². The van der Waals surface area contributed by atoms with E-state index in [-0.39, 0.29) is 0 Å². The first kappa shape index (κ1) is 7.47. The maximum atomic E-state index is 4.51. The van der Waals surface area contributed by atoms with Crippen LogP contribution in [0.2, 0.25) is 0 Å². The quantitative estimate of drug-likeness (QED) is 0.596. The number of hydrazone groups is 1. The Morgan fingerprint density at radius 1 is 1.55 bits per heavy atom. The van der Waals surface area contributed by atoms with Crippen molar-refractivity contribution in [3.63, 3.8) is 0 Å². The molecule has 3 heteroatoms. The van der Waals surface area contributed by atoms with Crippen LogP contribution >= 0.6 is 11.8 Å². The molecule has 2 rings (SSSR count). The lowest BCUT2D eigenvalue weighted by atomic mass is 10.4. The van der Waals surface area contributed by atoms with E-state index >= 15 is 0 Å². The fourth-order valence-corrected chi connectivity index (χ4v) is 2.67. The molecule has 0 bridgehead atoms. The van der Waals surface area contributed by atoms with E-state index < -0.39 is 0 Å². The summed E-state index contributed by atoms with van der Waals surface area (Å²) in [5, 5.41) is 8.70. The maximum absolute atomic E-state index is 4.51. The minimum Gasteiger partial charge on any atom is -0.298 e. The highest BCUT2D eigenvalue weighted by Gasteiger charge is 2.31. The highest BCUT2D eigenvalue weighted by molar-refractivity contribution is 8.14. The monoisotopic (exact) mass is 170 g/mol. The van der Waals surface area contributed by atoms with Gasteiger partial charge in [0.15, 0.2) is 0 Å². The minimum absolute atomic E-state index is 0.730. The maximum Gasteiger partial charge on any atom is 0.0967 e. The summed E-state index contributed by atoms with van der Waals surface area (Å²) >= 11 is 1.97. The highest BCUT2D eigenvalue weighted by atomic mass is 32.2. The number of thioether (sulfide) groups is 1. The van der Waals surface area contributed by atoms with Crippen molar-refractivity contribution in [2.24, 2.45) is 11.0 Å². The van der Waals surface area contributed by atoms with Crippen molar-refractivity contribution < 1.29 is 0 Å². The third-order valence-electron chi connectivity index (χ3n) is 2.04. The van der Waals surface area contributed by atoms with Gasteiger partial charge in [0.05, 0.1) is 5.04 Å². The van der Waals surface area contributed by atoms with E-state index in [1.165, 1.54) is 17.9 Å². The summed E-state index contributed by atoms with van der Waals surface area (Å²) in [5.41, 5.74) is 0. The van der Waals surface area contributed by atoms with Gasteiger partial charge in [0.1, 0.15) is 0 Å². The molecule has 0 aromatic heterocycles. The second-order valence-corrected chi connectivity index (χ2v) is 4.94. The predicted molar refractivity (Wildman–Crippen MR) is 49.8 cm³/mol. The lowest BCUT2D eigenvalue weighted by Crippen LogP contribution is -2.28. The molecule has 1 fully saturated rings. The normalized spacial score (nSPS) is 32.0. The largest absolute Gasteiger partial charge is 0.298 e.